The van der Waals surface area contributed by atoms with Crippen molar-refractivity contribution in [2.45, 2.75) is 13.3 Å². The lowest BCUT2D eigenvalue weighted by Gasteiger charge is -2.02. The standard InChI is InChI=1S/C18H15ClFNO/c1-13-12-15(4-8-17(13)20)5-9-18(22)21-11-10-14-2-6-16(19)7-3-14/h2-4,6-8,12H,10-11H2,1H3,(H,21,22). The third kappa shape index (κ3) is 4.91. The van der Waals surface area contributed by atoms with Crippen LogP contribution < -0.4 is 5.32 Å². The van der Waals surface area contributed by atoms with E-state index >= 15 is 0 Å². The Balaban J connectivity index is 1.84. The zero-order valence-electron chi connectivity index (χ0n) is 12.1. The molecule has 112 valence electrons. The first-order valence-electron chi connectivity index (χ1n) is 6.85. The minimum absolute atomic E-state index is 0.280. The third-order valence-electron chi connectivity index (χ3n) is 3.09. The summed E-state index contributed by atoms with van der Waals surface area (Å²) in [6, 6.07) is 12.0. The number of halogens is 2. The number of carbonyl (C=O) groups excluding carboxylic acids is 1. The highest BCUT2D eigenvalue weighted by Crippen LogP contribution is 2.09. The van der Waals surface area contributed by atoms with E-state index in [9.17, 15) is 9.18 Å². The van der Waals surface area contributed by atoms with E-state index in [1.54, 1.807) is 19.1 Å². The van der Waals surface area contributed by atoms with Crippen LogP contribution in [-0.2, 0) is 11.2 Å². The van der Waals surface area contributed by atoms with E-state index in [4.69, 9.17) is 11.6 Å². The Kier molecular flexibility index (Phi) is 5.57. The van der Waals surface area contributed by atoms with Crippen LogP contribution in [0.2, 0.25) is 5.02 Å². The Morgan fingerprint density at radius 1 is 1.23 bits per heavy atom. The van der Waals surface area contributed by atoms with Crippen molar-refractivity contribution in [2.24, 2.45) is 0 Å². The van der Waals surface area contributed by atoms with Crippen molar-refractivity contribution in [1.29, 1.82) is 0 Å². The Hall–Kier alpha value is -2.31. The minimum atomic E-state index is -0.351. The van der Waals surface area contributed by atoms with Gasteiger partial charge >= 0.3 is 0 Å². The monoisotopic (exact) mass is 315 g/mol. The van der Waals surface area contributed by atoms with Crippen molar-refractivity contribution in [3.63, 3.8) is 0 Å². The molecule has 0 heterocycles. The average Bonchev–Trinajstić information content (AvgIpc) is 2.50. The SMILES string of the molecule is Cc1cc(C#CC(=O)NCCc2ccc(Cl)cc2)ccc1F. The molecule has 1 amide bonds. The molecule has 0 spiro atoms. The molecule has 2 aromatic carbocycles. The van der Waals surface area contributed by atoms with Crippen LogP contribution in [0.1, 0.15) is 16.7 Å². The van der Waals surface area contributed by atoms with Crippen LogP contribution in [0.25, 0.3) is 0 Å². The predicted octanol–water partition coefficient (Wildman–Crippen LogP) is 3.50. The zero-order valence-corrected chi connectivity index (χ0v) is 12.9. The summed E-state index contributed by atoms with van der Waals surface area (Å²) >= 11 is 5.80. The summed E-state index contributed by atoms with van der Waals surface area (Å²) in [4.78, 5) is 11.6. The van der Waals surface area contributed by atoms with E-state index in [0.717, 1.165) is 5.56 Å². The molecule has 0 aromatic heterocycles. The molecule has 0 aliphatic carbocycles. The first kappa shape index (κ1) is 16.1. The van der Waals surface area contributed by atoms with Crippen LogP contribution in [0.15, 0.2) is 42.5 Å². The predicted molar refractivity (Wildman–Crippen MR) is 86.2 cm³/mol. The zero-order chi connectivity index (χ0) is 15.9. The van der Waals surface area contributed by atoms with Gasteiger partial charge in [0.2, 0.25) is 0 Å². The number of nitrogens with one attached hydrogen (secondary N) is 1. The molecule has 0 radical (unpaired) electrons. The molecule has 2 aromatic rings. The molecule has 4 heteroatoms. The van der Waals surface area contributed by atoms with Crippen LogP contribution >= 0.6 is 11.6 Å². The van der Waals surface area contributed by atoms with Crippen molar-refractivity contribution in [3.8, 4) is 11.8 Å². The molecular weight excluding hydrogens is 301 g/mol. The molecule has 0 aliphatic heterocycles. The summed E-state index contributed by atoms with van der Waals surface area (Å²) in [5.41, 5.74) is 2.22. The minimum Gasteiger partial charge on any atom is -0.345 e. The molecule has 2 rings (SSSR count). The first-order chi connectivity index (χ1) is 10.5. The largest absolute Gasteiger partial charge is 0.345 e. The van der Waals surface area contributed by atoms with Crippen molar-refractivity contribution < 1.29 is 9.18 Å². The van der Waals surface area contributed by atoms with Crippen LogP contribution in [0, 0.1) is 24.6 Å². The van der Waals surface area contributed by atoms with E-state index in [-0.39, 0.29) is 11.7 Å². The molecule has 0 saturated carbocycles. The molecule has 0 fully saturated rings. The van der Waals surface area contributed by atoms with E-state index in [2.05, 4.69) is 17.2 Å². The Labute approximate surface area is 134 Å². The Morgan fingerprint density at radius 3 is 2.64 bits per heavy atom. The van der Waals surface area contributed by atoms with Gasteiger partial charge < -0.3 is 5.32 Å². The van der Waals surface area contributed by atoms with Crippen molar-refractivity contribution >= 4 is 17.5 Å². The lowest BCUT2D eigenvalue weighted by atomic mass is 10.1. The Morgan fingerprint density at radius 2 is 1.95 bits per heavy atom. The fraction of sp³-hybridized carbons (Fsp3) is 0.167. The number of benzene rings is 2. The second-order valence-electron chi connectivity index (χ2n) is 4.85. The highest BCUT2D eigenvalue weighted by Gasteiger charge is 1.99. The van der Waals surface area contributed by atoms with Gasteiger partial charge in [0.15, 0.2) is 0 Å². The van der Waals surface area contributed by atoms with Gasteiger partial charge in [-0.3, -0.25) is 4.79 Å². The number of carbonyl (C=O) groups is 1. The quantitative estimate of drug-likeness (QED) is 0.863. The maximum Gasteiger partial charge on any atom is 0.296 e. The molecule has 0 saturated heterocycles. The maximum atomic E-state index is 13.1. The van der Waals surface area contributed by atoms with Gasteiger partial charge in [-0.05, 0) is 54.8 Å². The van der Waals surface area contributed by atoms with E-state index in [1.807, 2.05) is 24.3 Å². The topological polar surface area (TPSA) is 29.1 Å². The summed E-state index contributed by atoms with van der Waals surface area (Å²) in [5, 5.41) is 3.41. The second-order valence-corrected chi connectivity index (χ2v) is 5.28. The molecule has 1 N–H and O–H groups in total. The summed E-state index contributed by atoms with van der Waals surface area (Å²) in [6.07, 6.45) is 0.709. The lowest BCUT2D eigenvalue weighted by Crippen LogP contribution is -2.23. The molecule has 2 nitrogen and oxygen atoms in total. The van der Waals surface area contributed by atoms with Gasteiger partial charge in [0.25, 0.3) is 5.91 Å². The summed E-state index contributed by atoms with van der Waals surface area (Å²) in [7, 11) is 0. The van der Waals surface area contributed by atoms with Crippen LogP contribution in [0.4, 0.5) is 4.39 Å². The van der Waals surface area contributed by atoms with Crippen molar-refractivity contribution in [2.75, 3.05) is 6.54 Å². The highest BCUT2D eigenvalue weighted by molar-refractivity contribution is 6.30. The third-order valence-corrected chi connectivity index (χ3v) is 3.34. The molecule has 22 heavy (non-hydrogen) atoms. The van der Waals surface area contributed by atoms with Crippen molar-refractivity contribution in [1.82, 2.24) is 5.32 Å². The van der Waals surface area contributed by atoms with Gasteiger partial charge in [-0.25, -0.2) is 4.39 Å². The number of hydrogen-bond donors (Lipinski definition) is 1. The molecule has 0 unspecified atom stereocenters. The van der Waals surface area contributed by atoms with Crippen molar-refractivity contribution in [3.05, 3.63) is 70.0 Å². The van der Waals surface area contributed by atoms with Crippen LogP contribution in [0.5, 0.6) is 0 Å². The Bertz CT molecular complexity index is 729. The number of hydrogen-bond acceptors (Lipinski definition) is 1. The number of amides is 1. The summed E-state index contributed by atoms with van der Waals surface area (Å²) < 4.78 is 13.1. The number of rotatable bonds is 3. The van der Waals surface area contributed by atoms with Gasteiger partial charge in [0.1, 0.15) is 5.82 Å². The average molecular weight is 316 g/mol. The van der Waals surface area contributed by atoms with Gasteiger partial charge in [-0.2, -0.15) is 0 Å². The normalized spacial score (nSPS) is 9.77. The molecule has 0 bridgehead atoms. The lowest BCUT2D eigenvalue weighted by molar-refractivity contribution is -0.115. The van der Waals surface area contributed by atoms with Crippen LogP contribution in [-0.4, -0.2) is 12.5 Å². The molecular formula is C18H15ClFNO. The highest BCUT2D eigenvalue weighted by atomic mass is 35.5. The summed E-state index contributed by atoms with van der Waals surface area (Å²) in [6.45, 7) is 2.16. The smallest absolute Gasteiger partial charge is 0.296 e. The van der Waals surface area contributed by atoms with E-state index in [1.165, 1.54) is 6.07 Å². The van der Waals surface area contributed by atoms with E-state index < -0.39 is 0 Å². The fourth-order valence-electron chi connectivity index (χ4n) is 1.87. The van der Waals surface area contributed by atoms with Gasteiger partial charge in [-0.1, -0.05) is 29.7 Å². The maximum absolute atomic E-state index is 13.1. The first-order valence-corrected chi connectivity index (χ1v) is 7.23. The van der Waals surface area contributed by atoms with Crippen LogP contribution in [0.3, 0.4) is 0 Å². The number of aryl methyl sites for hydroxylation is 1. The van der Waals surface area contributed by atoms with Gasteiger partial charge in [0, 0.05) is 23.1 Å². The molecule has 0 aliphatic rings. The molecule has 0 atom stereocenters. The summed E-state index contributed by atoms with van der Waals surface area (Å²) in [5.74, 6) is 4.59. The van der Waals surface area contributed by atoms with Gasteiger partial charge in [-0.15, -0.1) is 0 Å². The fourth-order valence-corrected chi connectivity index (χ4v) is 1.99. The second kappa shape index (κ2) is 7.63. The van der Waals surface area contributed by atoms with Gasteiger partial charge in [0.05, 0.1) is 0 Å². The van der Waals surface area contributed by atoms with E-state index in [0.29, 0.717) is 29.1 Å².